The highest BCUT2D eigenvalue weighted by Crippen LogP contribution is 2.28. The molecule has 0 bridgehead atoms. The van der Waals surface area contributed by atoms with E-state index in [0.29, 0.717) is 30.1 Å². The fourth-order valence-electron chi connectivity index (χ4n) is 3.13. The maximum absolute atomic E-state index is 12.4. The van der Waals surface area contributed by atoms with Crippen molar-refractivity contribution in [3.05, 3.63) is 47.1 Å². The molecule has 3 amide bonds. The van der Waals surface area contributed by atoms with Crippen LogP contribution in [0.5, 0.6) is 0 Å². The van der Waals surface area contributed by atoms with Gasteiger partial charge in [-0.3, -0.25) is 14.5 Å². The topological polar surface area (TPSA) is 106 Å². The van der Waals surface area contributed by atoms with Crippen LogP contribution in [0.15, 0.2) is 28.8 Å². The first-order chi connectivity index (χ1) is 13.2. The summed E-state index contributed by atoms with van der Waals surface area (Å²) in [7, 11) is 0. The second kappa shape index (κ2) is 6.43. The van der Waals surface area contributed by atoms with E-state index in [1.807, 2.05) is 20.8 Å². The number of hydrogen-bond acceptors (Lipinski definition) is 7. The van der Waals surface area contributed by atoms with Crippen LogP contribution in [0.1, 0.15) is 59.1 Å². The van der Waals surface area contributed by atoms with E-state index in [4.69, 9.17) is 9.26 Å². The van der Waals surface area contributed by atoms with Crippen LogP contribution in [-0.4, -0.2) is 56.5 Å². The van der Waals surface area contributed by atoms with Crippen molar-refractivity contribution in [3.63, 3.8) is 0 Å². The summed E-state index contributed by atoms with van der Waals surface area (Å²) in [4.78, 5) is 43.8. The lowest BCUT2D eigenvalue weighted by molar-refractivity contribution is 0.00556. The van der Waals surface area contributed by atoms with Crippen LogP contribution in [0.4, 0.5) is 4.79 Å². The Hall–Kier alpha value is -3.23. The Morgan fingerprint density at radius 2 is 1.79 bits per heavy atom. The Balaban J connectivity index is 1.37. The zero-order valence-electron chi connectivity index (χ0n) is 15.8. The summed E-state index contributed by atoms with van der Waals surface area (Å²) >= 11 is 0. The Bertz CT molecular complexity index is 920. The number of ether oxygens (including phenoxy) is 1. The van der Waals surface area contributed by atoms with E-state index in [1.54, 1.807) is 29.2 Å². The largest absolute Gasteiger partial charge is 0.444 e. The van der Waals surface area contributed by atoms with E-state index in [9.17, 15) is 14.4 Å². The van der Waals surface area contributed by atoms with E-state index < -0.39 is 5.60 Å². The number of carbonyl (C=O) groups is 3. The zero-order valence-corrected chi connectivity index (χ0v) is 15.8. The van der Waals surface area contributed by atoms with Crippen molar-refractivity contribution in [3.8, 4) is 0 Å². The number of aromatic nitrogens is 2. The first-order valence-electron chi connectivity index (χ1n) is 8.98. The predicted molar refractivity (Wildman–Crippen MR) is 95.5 cm³/mol. The van der Waals surface area contributed by atoms with Crippen molar-refractivity contribution in [1.82, 2.24) is 19.9 Å². The van der Waals surface area contributed by atoms with Gasteiger partial charge in [-0.05, 0) is 32.9 Å². The van der Waals surface area contributed by atoms with Gasteiger partial charge in [-0.2, -0.15) is 4.98 Å². The Morgan fingerprint density at radius 1 is 1.18 bits per heavy atom. The first-order valence-corrected chi connectivity index (χ1v) is 8.98. The van der Waals surface area contributed by atoms with Gasteiger partial charge in [0.2, 0.25) is 5.89 Å². The molecule has 3 heterocycles. The smallest absolute Gasteiger partial charge is 0.410 e. The van der Waals surface area contributed by atoms with Crippen LogP contribution in [-0.2, 0) is 11.3 Å². The normalized spacial score (nSPS) is 17.0. The van der Waals surface area contributed by atoms with E-state index in [0.717, 1.165) is 4.90 Å². The monoisotopic (exact) mass is 384 g/mol. The van der Waals surface area contributed by atoms with E-state index in [1.165, 1.54) is 0 Å². The van der Waals surface area contributed by atoms with Crippen LogP contribution in [0.25, 0.3) is 0 Å². The number of nitrogens with zero attached hydrogens (tertiary/aromatic N) is 4. The molecule has 2 aromatic rings. The highest BCUT2D eigenvalue weighted by Gasteiger charge is 2.39. The van der Waals surface area contributed by atoms with Crippen LogP contribution in [0, 0.1) is 0 Å². The molecule has 9 heteroatoms. The molecule has 1 saturated heterocycles. The molecule has 0 aliphatic carbocycles. The van der Waals surface area contributed by atoms with Gasteiger partial charge in [-0.25, -0.2) is 4.79 Å². The third-order valence-corrected chi connectivity index (χ3v) is 4.54. The van der Waals surface area contributed by atoms with Crippen LogP contribution in [0.3, 0.4) is 0 Å². The number of imide groups is 1. The molecular weight excluding hydrogens is 364 g/mol. The number of carbonyl (C=O) groups excluding carboxylic acids is 3. The molecule has 0 atom stereocenters. The quantitative estimate of drug-likeness (QED) is 0.747. The molecule has 1 aromatic carbocycles. The lowest BCUT2D eigenvalue weighted by Gasteiger charge is -2.37. The molecule has 0 saturated carbocycles. The molecule has 9 nitrogen and oxygen atoms in total. The average Bonchev–Trinajstić information content (AvgIpc) is 3.12. The number of likely N-dealkylation sites (tertiary alicyclic amines) is 1. The molecule has 1 fully saturated rings. The summed E-state index contributed by atoms with van der Waals surface area (Å²) in [6.07, 6.45) is -0.380. The van der Waals surface area contributed by atoms with Crippen molar-refractivity contribution in [2.75, 3.05) is 13.1 Å². The Kier molecular flexibility index (Phi) is 4.17. The molecular formula is C19H20N4O5. The van der Waals surface area contributed by atoms with Gasteiger partial charge in [0.1, 0.15) is 5.60 Å². The molecule has 2 aliphatic rings. The summed E-state index contributed by atoms with van der Waals surface area (Å²) in [5.41, 5.74) is 0.207. The fourth-order valence-corrected chi connectivity index (χ4v) is 3.13. The molecule has 28 heavy (non-hydrogen) atoms. The van der Waals surface area contributed by atoms with Crippen LogP contribution < -0.4 is 0 Å². The molecule has 1 aromatic heterocycles. The molecule has 0 N–H and O–H groups in total. The minimum absolute atomic E-state index is 0.0572. The summed E-state index contributed by atoms with van der Waals surface area (Å²) in [6, 6.07) is 6.67. The van der Waals surface area contributed by atoms with Gasteiger partial charge in [0, 0.05) is 13.1 Å². The number of hydrogen-bond donors (Lipinski definition) is 0. The summed E-state index contributed by atoms with van der Waals surface area (Å²) in [6.45, 7) is 6.22. The molecule has 4 rings (SSSR count). The van der Waals surface area contributed by atoms with Gasteiger partial charge in [-0.15, -0.1) is 0 Å². The maximum Gasteiger partial charge on any atom is 0.410 e. The second-order valence-electron chi connectivity index (χ2n) is 7.87. The number of fused-ring (bicyclic) bond motifs is 1. The first kappa shape index (κ1) is 18.1. The predicted octanol–water partition coefficient (Wildman–Crippen LogP) is 2.20. The SMILES string of the molecule is CC(C)(C)OC(=O)N1CC(c2nc(CN3C(=O)c4ccccc4C3=O)no2)C1. The Labute approximate surface area is 161 Å². The van der Waals surface area contributed by atoms with Crippen molar-refractivity contribution in [2.45, 2.75) is 38.8 Å². The third-order valence-electron chi connectivity index (χ3n) is 4.54. The highest BCUT2D eigenvalue weighted by atomic mass is 16.6. The molecule has 0 radical (unpaired) electrons. The Morgan fingerprint density at radius 3 is 2.36 bits per heavy atom. The summed E-state index contributed by atoms with van der Waals surface area (Å²) in [5, 5.41) is 3.88. The third kappa shape index (κ3) is 3.23. The molecule has 2 aliphatic heterocycles. The molecule has 0 unspecified atom stereocenters. The van der Waals surface area contributed by atoms with Crippen molar-refractivity contribution in [1.29, 1.82) is 0 Å². The molecule has 146 valence electrons. The van der Waals surface area contributed by atoms with E-state index >= 15 is 0 Å². The lowest BCUT2D eigenvalue weighted by atomic mass is 10.0. The van der Waals surface area contributed by atoms with Gasteiger partial charge < -0.3 is 14.2 Å². The van der Waals surface area contributed by atoms with E-state index in [-0.39, 0.29) is 36.2 Å². The van der Waals surface area contributed by atoms with Crippen molar-refractivity contribution >= 4 is 17.9 Å². The van der Waals surface area contributed by atoms with Gasteiger partial charge in [0.15, 0.2) is 5.82 Å². The van der Waals surface area contributed by atoms with Crippen LogP contribution >= 0.6 is 0 Å². The number of amides is 3. The number of benzene rings is 1. The average molecular weight is 384 g/mol. The minimum atomic E-state index is -0.549. The molecule has 0 spiro atoms. The second-order valence-corrected chi connectivity index (χ2v) is 7.87. The zero-order chi connectivity index (χ0) is 20.1. The lowest BCUT2D eigenvalue weighted by Crippen LogP contribution is -2.50. The van der Waals surface area contributed by atoms with Gasteiger partial charge >= 0.3 is 6.09 Å². The number of rotatable bonds is 3. The summed E-state index contributed by atoms with van der Waals surface area (Å²) in [5.74, 6) is -0.194. The van der Waals surface area contributed by atoms with Crippen molar-refractivity contribution in [2.24, 2.45) is 0 Å². The minimum Gasteiger partial charge on any atom is -0.444 e. The van der Waals surface area contributed by atoms with Crippen molar-refractivity contribution < 1.29 is 23.6 Å². The summed E-state index contributed by atoms with van der Waals surface area (Å²) < 4.78 is 10.6. The van der Waals surface area contributed by atoms with Gasteiger partial charge in [-0.1, -0.05) is 17.3 Å². The van der Waals surface area contributed by atoms with E-state index in [2.05, 4.69) is 10.1 Å². The maximum atomic E-state index is 12.4. The van der Waals surface area contributed by atoms with Gasteiger partial charge in [0.05, 0.1) is 23.6 Å². The van der Waals surface area contributed by atoms with Gasteiger partial charge in [0.25, 0.3) is 11.8 Å². The highest BCUT2D eigenvalue weighted by molar-refractivity contribution is 6.21. The van der Waals surface area contributed by atoms with Crippen LogP contribution in [0.2, 0.25) is 0 Å². The fraction of sp³-hybridized carbons (Fsp3) is 0.421. The standard InChI is InChI=1S/C19H20N4O5/c1-19(2,3)27-18(26)22-8-11(9-22)15-20-14(21-28-15)10-23-16(24)12-6-4-5-7-13(12)17(23)25/h4-7,11H,8-10H2,1-3H3.